The van der Waals surface area contributed by atoms with E-state index in [9.17, 15) is 4.79 Å². The molecule has 0 atom stereocenters. The van der Waals surface area contributed by atoms with Crippen molar-refractivity contribution in [2.45, 2.75) is 19.9 Å². The summed E-state index contributed by atoms with van der Waals surface area (Å²) in [5, 5.41) is 6.13. The van der Waals surface area contributed by atoms with Gasteiger partial charge in [-0.2, -0.15) is 0 Å². The van der Waals surface area contributed by atoms with E-state index in [4.69, 9.17) is 4.74 Å². The molecule has 0 radical (unpaired) electrons. The van der Waals surface area contributed by atoms with E-state index in [2.05, 4.69) is 20.6 Å². The van der Waals surface area contributed by atoms with E-state index in [1.54, 1.807) is 13.2 Å². The highest BCUT2D eigenvalue weighted by Crippen LogP contribution is 2.13. The Kier molecular flexibility index (Phi) is 6.57. The molecule has 0 aliphatic carbocycles. The highest BCUT2D eigenvalue weighted by molar-refractivity contribution is 5.92. The molecular formula is C22H24N4O2. The van der Waals surface area contributed by atoms with E-state index in [1.807, 2.05) is 55.5 Å². The van der Waals surface area contributed by atoms with Crippen molar-refractivity contribution >= 4 is 11.7 Å². The molecule has 1 aromatic heterocycles. The second kappa shape index (κ2) is 9.50. The van der Waals surface area contributed by atoms with Gasteiger partial charge in [-0.25, -0.2) is 9.97 Å². The number of rotatable bonds is 8. The number of amides is 1. The number of hydrogen-bond donors (Lipinski definition) is 2. The minimum Gasteiger partial charge on any atom is -0.497 e. The van der Waals surface area contributed by atoms with Crippen LogP contribution in [-0.2, 0) is 13.0 Å². The van der Waals surface area contributed by atoms with E-state index in [0.717, 1.165) is 28.9 Å². The molecule has 144 valence electrons. The fourth-order valence-corrected chi connectivity index (χ4v) is 2.84. The SMILES string of the molecule is COc1cccc(CCNc2cc(C(=O)NCc3cccc(C)c3)ncn2)c1. The Morgan fingerprint density at radius 3 is 2.68 bits per heavy atom. The van der Waals surface area contributed by atoms with Gasteiger partial charge in [0.05, 0.1) is 7.11 Å². The maximum Gasteiger partial charge on any atom is 0.270 e. The van der Waals surface area contributed by atoms with Crippen LogP contribution in [-0.4, -0.2) is 29.5 Å². The Morgan fingerprint density at radius 1 is 1.04 bits per heavy atom. The fraction of sp³-hybridized carbons (Fsp3) is 0.227. The molecule has 3 aromatic rings. The summed E-state index contributed by atoms with van der Waals surface area (Å²) >= 11 is 0. The minimum absolute atomic E-state index is 0.222. The Bertz CT molecular complexity index is 943. The first kappa shape index (κ1) is 19.4. The Labute approximate surface area is 165 Å². The number of anilines is 1. The molecule has 6 heteroatoms. The molecule has 0 bridgehead atoms. The lowest BCUT2D eigenvalue weighted by Crippen LogP contribution is -2.24. The van der Waals surface area contributed by atoms with Crippen LogP contribution in [0.3, 0.4) is 0 Å². The van der Waals surface area contributed by atoms with Crippen LogP contribution in [0.4, 0.5) is 5.82 Å². The van der Waals surface area contributed by atoms with Crippen molar-refractivity contribution < 1.29 is 9.53 Å². The van der Waals surface area contributed by atoms with Gasteiger partial charge in [0, 0.05) is 19.2 Å². The molecule has 0 unspecified atom stereocenters. The van der Waals surface area contributed by atoms with Gasteiger partial charge in [0.1, 0.15) is 23.6 Å². The second-order valence-corrected chi connectivity index (χ2v) is 6.49. The molecule has 0 saturated carbocycles. The van der Waals surface area contributed by atoms with Gasteiger partial charge in [0.2, 0.25) is 0 Å². The van der Waals surface area contributed by atoms with Crippen LogP contribution >= 0.6 is 0 Å². The predicted octanol–water partition coefficient (Wildman–Crippen LogP) is 3.38. The zero-order valence-electron chi connectivity index (χ0n) is 16.1. The molecule has 0 spiro atoms. The summed E-state index contributed by atoms with van der Waals surface area (Å²) in [6.07, 6.45) is 2.21. The third-order valence-electron chi connectivity index (χ3n) is 4.29. The minimum atomic E-state index is -0.222. The lowest BCUT2D eigenvalue weighted by Gasteiger charge is -2.09. The third-order valence-corrected chi connectivity index (χ3v) is 4.29. The van der Waals surface area contributed by atoms with Crippen LogP contribution in [0.5, 0.6) is 5.75 Å². The standard InChI is InChI=1S/C22H24N4O2/c1-16-5-3-7-18(11-16)14-24-22(27)20-13-21(26-15-25-20)23-10-9-17-6-4-8-19(12-17)28-2/h3-8,11-13,15H,9-10,14H2,1-2H3,(H,24,27)(H,23,25,26). The number of aryl methyl sites for hydroxylation is 1. The molecule has 0 aliphatic rings. The fourth-order valence-electron chi connectivity index (χ4n) is 2.84. The molecular weight excluding hydrogens is 352 g/mol. The van der Waals surface area contributed by atoms with Gasteiger partial charge < -0.3 is 15.4 Å². The van der Waals surface area contributed by atoms with E-state index < -0.39 is 0 Å². The molecule has 0 aliphatic heterocycles. The Morgan fingerprint density at radius 2 is 1.86 bits per heavy atom. The maximum absolute atomic E-state index is 12.4. The number of ether oxygens (including phenoxy) is 1. The smallest absolute Gasteiger partial charge is 0.270 e. The zero-order valence-corrected chi connectivity index (χ0v) is 16.1. The summed E-state index contributed by atoms with van der Waals surface area (Å²) in [7, 11) is 1.66. The summed E-state index contributed by atoms with van der Waals surface area (Å²) in [4.78, 5) is 20.6. The summed E-state index contributed by atoms with van der Waals surface area (Å²) < 4.78 is 5.24. The van der Waals surface area contributed by atoms with Gasteiger partial charge in [-0.3, -0.25) is 4.79 Å². The van der Waals surface area contributed by atoms with Gasteiger partial charge in [-0.15, -0.1) is 0 Å². The molecule has 2 N–H and O–H groups in total. The topological polar surface area (TPSA) is 76.1 Å². The van der Waals surface area contributed by atoms with Crippen LogP contribution < -0.4 is 15.4 Å². The molecule has 3 rings (SSSR count). The average Bonchev–Trinajstić information content (AvgIpc) is 2.72. The van der Waals surface area contributed by atoms with Gasteiger partial charge in [-0.05, 0) is 36.6 Å². The zero-order chi connectivity index (χ0) is 19.8. The number of aromatic nitrogens is 2. The monoisotopic (exact) mass is 376 g/mol. The van der Waals surface area contributed by atoms with Crippen molar-refractivity contribution in [1.82, 2.24) is 15.3 Å². The van der Waals surface area contributed by atoms with Crippen LogP contribution in [0, 0.1) is 6.92 Å². The number of carbonyl (C=O) groups is 1. The summed E-state index contributed by atoms with van der Waals surface area (Å²) in [5.41, 5.74) is 3.72. The van der Waals surface area contributed by atoms with E-state index in [0.29, 0.717) is 24.6 Å². The van der Waals surface area contributed by atoms with Gasteiger partial charge in [0.25, 0.3) is 5.91 Å². The summed E-state index contributed by atoms with van der Waals surface area (Å²) in [5.74, 6) is 1.24. The van der Waals surface area contributed by atoms with Crippen LogP contribution in [0.1, 0.15) is 27.2 Å². The van der Waals surface area contributed by atoms with Crippen LogP contribution in [0.15, 0.2) is 60.9 Å². The average molecular weight is 376 g/mol. The third kappa shape index (κ3) is 5.54. The quantitative estimate of drug-likeness (QED) is 0.630. The van der Waals surface area contributed by atoms with Crippen molar-refractivity contribution in [1.29, 1.82) is 0 Å². The van der Waals surface area contributed by atoms with Gasteiger partial charge in [-0.1, -0.05) is 42.0 Å². The lowest BCUT2D eigenvalue weighted by molar-refractivity contribution is 0.0945. The highest BCUT2D eigenvalue weighted by atomic mass is 16.5. The van der Waals surface area contributed by atoms with Gasteiger partial charge >= 0.3 is 0 Å². The number of carbonyl (C=O) groups excluding carboxylic acids is 1. The Balaban J connectivity index is 1.53. The van der Waals surface area contributed by atoms with E-state index >= 15 is 0 Å². The number of benzene rings is 2. The number of hydrogen-bond acceptors (Lipinski definition) is 5. The maximum atomic E-state index is 12.4. The molecule has 2 aromatic carbocycles. The van der Waals surface area contributed by atoms with Crippen molar-refractivity contribution in [3.63, 3.8) is 0 Å². The Hall–Kier alpha value is -3.41. The van der Waals surface area contributed by atoms with E-state index in [-0.39, 0.29) is 5.91 Å². The lowest BCUT2D eigenvalue weighted by atomic mass is 10.1. The largest absolute Gasteiger partial charge is 0.497 e. The predicted molar refractivity (Wildman–Crippen MR) is 110 cm³/mol. The second-order valence-electron chi connectivity index (χ2n) is 6.49. The number of methoxy groups -OCH3 is 1. The normalized spacial score (nSPS) is 10.4. The van der Waals surface area contributed by atoms with Crippen molar-refractivity contribution in [3.8, 4) is 5.75 Å². The van der Waals surface area contributed by atoms with Crippen LogP contribution in [0.25, 0.3) is 0 Å². The molecule has 28 heavy (non-hydrogen) atoms. The molecule has 1 heterocycles. The first-order valence-corrected chi connectivity index (χ1v) is 9.16. The number of nitrogens with one attached hydrogen (secondary N) is 2. The summed E-state index contributed by atoms with van der Waals surface area (Å²) in [6, 6.07) is 17.6. The molecule has 0 fully saturated rings. The molecule has 0 saturated heterocycles. The van der Waals surface area contributed by atoms with Crippen molar-refractivity contribution in [2.75, 3.05) is 19.0 Å². The van der Waals surface area contributed by atoms with E-state index in [1.165, 1.54) is 6.33 Å². The first-order valence-electron chi connectivity index (χ1n) is 9.16. The highest BCUT2D eigenvalue weighted by Gasteiger charge is 2.08. The first-order chi connectivity index (χ1) is 13.6. The molecule has 6 nitrogen and oxygen atoms in total. The van der Waals surface area contributed by atoms with Crippen LogP contribution in [0.2, 0.25) is 0 Å². The van der Waals surface area contributed by atoms with Crippen molar-refractivity contribution in [3.05, 3.63) is 83.3 Å². The van der Waals surface area contributed by atoms with Crippen molar-refractivity contribution in [2.24, 2.45) is 0 Å². The number of nitrogens with zero attached hydrogens (tertiary/aromatic N) is 2. The van der Waals surface area contributed by atoms with Gasteiger partial charge in [0.15, 0.2) is 0 Å². The summed E-state index contributed by atoms with van der Waals surface area (Å²) in [6.45, 7) is 3.18. The molecule has 1 amide bonds.